The van der Waals surface area contributed by atoms with Crippen LogP contribution < -0.4 is 10.5 Å². The summed E-state index contributed by atoms with van der Waals surface area (Å²) in [6.45, 7) is 2.08. The molecule has 20 heavy (non-hydrogen) atoms. The molecule has 102 valence electrons. The van der Waals surface area contributed by atoms with Crippen LogP contribution in [0.15, 0.2) is 53.3 Å². The highest BCUT2D eigenvalue weighted by atomic mass is 16.7. The van der Waals surface area contributed by atoms with Gasteiger partial charge in [0.1, 0.15) is 0 Å². The molecule has 0 atom stereocenters. The van der Waals surface area contributed by atoms with Crippen LogP contribution in [0.3, 0.4) is 0 Å². The topological polar surface area (TPSA) is 48.5 Å². The average molecular weight is 269 g/mol. The predicted molar refractivity (Wildman–Crippen MR) is 75.9 cm³/mol. The monoisotopic (exact) mass is 269 g/mol. The van der Waals surface area contributed by atoms with E-state index in [9.17, 15) is 4.79 Å². The zero-order valence-electron chi connectivity index (χ0n) is 11.2. The Balaban J connectivity index is 2.07. The fraction of sp³-hybridized carbons (Fsp3) is 0.200. The van der Waals surface area contributed by atoms with Crippen molar-refractivity contribution in [1.82, 2.24) is 14.3 Å². The van der Waals surface area contributed by atoms with Crippen LogP contribution in [0.2, 0.25) is 0 Å². The maximum Gasteiger partial charge on any atom is 0.385 e. The van der Waals surface area contributed by atoms with Crippen LogP contribution in [0.5, 0.6) is 5.75 Å². The standard InChI is InChI=1S/C15H15N3O2/c1-2-7-12-8-6-11-14-16-18(15(19)17(12)14)20-13-9-4-3-5-10-13/h3-6,8-11H,2,7H2,1H3. The number of fused-ring (bicyclic) bond motifs is 1. The van der Waals surface area contributed by atoms with Crippen molar-refractivity contribution >= 4 is 5.65 Å². The Labute approximate surface area is 116 Å². The summed E-state index contributed by atoms with van der Waals surface area (Å²) in [5.74, 6) is 0.579. The fourth-order valence-electron chi connectivity index (χ4n) is 2.15. The van der Waals surface area contributed by atoms with E-state index in [1.54, 1.807) is 22.6 Å². The second-order valence-corrected chi connectivity index (χ2v) is 4.52. The molecule has 0 radical (unpaired) electrons. The molecule has 2 heterocycles. The van der Waals surface area contributed by atoms with E-state index in [1.807, 2.05) is 30.3 Å². The van der Waals surface area contributed by atoms with Gasteiger partial charge in [0, 0.05) is 5.69 Å². The minimum atomic E-state index is -0.284. The fourth-order valence-corrected chi connectivity index (χ4v) is 2.15. The maximum absolute atomic E-state index is 12.4. The molecule has 0 spiro atoms. The lowest BCUT2D eigenvalue weighted by Crippen LogP contribution is -2.26. The van der Waals surface area contributed by atoms with Gasteiger partial charge >= 0.3 is 5.69 Å². The zero-order chi connectivity index (χ0) is 13.9. The molecule has 3 rings (SSSR count). The summed E-state index contributed by atoms with van der Waals surface area (Å²) in [5.41, 5.74) is 1.25. The van der Waals surface area contributed by atoms with Crippen molar-refractivity contribution in [2.45, 2.75) is 19.8 Å². The van der Waals surface area contributed by atoms with Crippen LogP contribution in [0.1, 0.15) is 19.0 Å². The molecule has 0 aliphatic heterocycles. The number of aryl methyl sites for hydroxylation is 1. The van der Waals surface area contributed by atoms with E-state index in [0.717, 1.165) is 23.4 Å². The maximum atomic E-state index is 12.4. The van der Waals surface area contributed by atoms with Crippen molar-refractivity contribution in [3.63, 3.8) is 0 Å². The Morgan fingerprint density at radius 2 is 1.90 bits per heavy atom. The molecule has 5 heteroatoms. The number of hydrogen-bond donors (Lipinski definition) is 0. The minimum Gasteiger partial charge on any atom is -0.353 e. The van der Waals surface area contributed by atoms with Crippen LogP contribution in [-0.2, 0) is 6.42 Å². The Morgan fingerprint density at radius 3 is 2.65 bits per heavy atom. The Bertz CT molecular complexity index is 775. The summed E-state index contributed by atoms with van der Waals surface area (Å²) in [7, 11) is 0. The molecule has 3 aromatic rings. The van der Waals surface area contributed by atoms with Crippen molar-refractivity contribution < 1.29 is 4.84 Å². The third kappa shape index (κ3) is 2.18. The van der Waals surface area contributed by atoms with Gasteiger partial charge in [-0.25, -0.2) is 9.20 Å². The molecule has 0 fully saturated rings. The van der Waals surface area contributed by atoms with Crippen LogP contribution >= 0.6 is 0 Å². The van der Waals surface area contributed by atoms with Crippen molar-refractivity contribution in [2.24, 2.45) is 0 Å². The van der Waals surface area contributed by atoms with Crippen LogP contribution in [0.4, 0.5) is 0 Å². The van der Waals surface area contributed by atoms with Gasteiger partial charge < -0.3 is 4.84 Å². The predicted octanol–water partition coefficient (Wildman–Crippen LogP) is 2.29. The van der Waals surface area contributed by atoms with Gasteiger partial charge in [-0.15, -0.1) is 5.10 Å². The van der Waals surface area contributed by atoms with Crippen molar-refractivity contribution in [1.29, 1.82) is 0 Å². The van der Waals surface area contributed by atoms with E-state index in [1.165, 1.54) is 0 Å². The Morgan fingerprint density at radius 1 is 1.10 bits per heavy atom. The van der Waals surface area contributed by atoms with E-state index < -0.39 is 0 Å². The minimum absolute atomic E-state index is 0.284. The van der Waals surface area contributed by atoms with Crippen LogP contribution in [0, 0.1) is 0 Å². The van der Waals surface area contributed by atoms with E-state index >= 15 is 0 Å². The van der Waals surface area contributed by atoms with Gasteiger partial charge in [0.05, 0.1) is 0 Å². The van der Waals surface area contributed by atoms with E-state index in [-0.39, 0.29) is 5.69 Å². The number of rotatable bonds is 4. The van der Waals surface area contributed by atoms with Crippen LogP contribution in [-0.4, -0.2) is 14.3 Å². The molecule has 0 amide bonds. The van der Waals surface area contributed by atoms with Gasteiger partial charge in [0.2, 0.25) is 0 Å². The average Bonchev–Trinajstić information content (AvgIpc) is 2.78. The lowest BCUT2D eigenvalue weighted by molar-refractivity contribution is 0.169. The van der Waals surface area contributed by atoms with Crippen molar-refractivity contribution in [2.75, 3.05) is 0 Å². The van der Waals surface area contributed by atoms with Gasteiger partial charge in [-0.05, 0) is 35.5 Å². The normalized spacial score (nSPS) is 10.8. The molecule has 0 aliphatic carbocycles. The molecule has 2 aromatic heterocycles. The van der Waals surface area contributed by atoms with Gasteiger partial charge in [-0.3, -0.25) is 0 Å². The lowest BCUT2D eigenvalue weighted by atomic mass is 10.2. The summed E-state index contributed by atoms with van der Waals surface area (Å²) in [4.78, 5) is 18.9. The first kappa shape index (κ1) is 12.5. The largest absolute Gasteiger partial charge is 0.385 e. The lowest BCUT2D eigenvalue weighted by Gasteiger charge is -2.01. The third-order valence-corrected chi connectivity index (χ3v) is 3.04. The summed E-state index contributed by atoms with van der Waals surface area (Å²) >= 11 is 0. The first-order chi connectivity index (χ1) is 9.79. The smallest absolute Gasteiger partial charge is 0.353 e. The van der Waals surface area contributed by atoms with Gasteiger partial charge in [0.15, 0.2) is 11.4 Å². The molecular weight excluding hydrogens is 254 g/mol. The quantitative estimate of drug-likeness (QED) is 0.730. The summed E-state index contributed by atoms with van der Waals surface area (Å²) in [5, 5.41) is 4.20. The molecule has 0 bridgehead atoms. The summed E-state index contributed by atoms with van der Waals surface area (Å²) < 4.78 is 1.59. The molecule has 0 N–H and O–H groups in total. The Hall–Kier alpha value is -2.56. The highest BCUT2D eigenvalue weighted by Crippen LogP contribution is 2.09. The number of benzene rings is 1. The number of hydrogen-bond acceptors (Lipinski definition) is 3. The second-order valence-electron chi connectivity index (χ2n) is 4.52. The first-order valence-corrected chi connectivity index (χ1v) is 6.62. The second kappa shape index (κ2) is 5.21. The van der Waals surface area contributed by atoms with Crippen molar-refractivity contribution in [3.8, 4) is 5.75 Å². The van der Waals surface area contributed by atoms with Crippen LogP contribution in [0.25, 0.3) is 5.65 Å². The molecular formula is C15H15N3O2. The number of pyridine rings is 1. The zero-order valence-corrected chi connectivity index (χ0v) is 11.2. The highest BCUT2D eigenvalue weighted by molar-refractivity contribution is 5.38. The molecule has 0 aliphatic rings. The first-order valence-electron chi connectivity index (χ1n) is 6.62. The molecule has 0 saturated carbocycles. The summed E-state index contributed by atoms with van der Waals surface area (Å²) in [6.07, 6.45) is 1.80. The molecule has 5 nitrogen and oxygen atoms in total. The number of para-hydroxylation sites is 1. The van der Waals surface area contributed by atoms with E-state index in [4.69, 9.17) is 4.84 Å². The number of nitrogens with zero attached hydrogens (tertiary/aromatic N) is 3. The Kier molecular flexibility index (Phi) is 3.25. The van der Waals surface area contributed by atoms with Gasteiger partial charge in [0.25, 0.3) is 0 Å². The molecule has 1 aromatic carbocycles. The summed E-state index contributed by atoms with van der Waals surface area (Å²) in [6, 6.07) is 14.8. The SMILES string of the molecule is CCCc1cccc2nn(Oc3ccccc3)c(=O)n12. The third-order valence-electron chi connectivity index (χ3n) is 3.04. The highest BCUT2D eigenvalue weighted by Gasteiger charge is 2.11. The molecule has 0 unspecified atom stereocenters. The number of aromatic nitrogens is 3. The van der Waals surface area contributed by atoms with E-state index in [0.29, 0.717) is 11.4 Å². The van der Waals surface area contributed by atoms with Gasteiger partial charge in [-0.2, -0.15) is 0 Å². The molecule has 0 saturated heterocycles. The van der Waals surface area contributed by atoms with Crippen molar-refractivity contribution in [3.05, 3.63) is 64.7 Å². The van der Waals surface area contributed by atoms with E-state index in [2.05, 4.69) is 12.0 Å². The van der Waals surface area contributed by atoms with Gasteiger partial charge in [-0.1, -0.05) is 37.6 Å².